The fourth-order valence-corrected chi connectivity index (χ4v) is 5.70. The normalized spacial score (nSPS) is 23.6. The second-order valence-corrected chi connectivity index (χ2v) is 10.1. The van der Waals surface area contributed by atoms with Crippen molar-refractivity contribution in [2.75, 3.05) is 12.4 Å². The van der Waals surface area contributed by atoms with Crippen LogP contribution in [0.2, 0.25) is 5.02 Å². The van der Waals surface area contributed by atoms with Crippen molar-refractivity contribution in [2.45, 2.75) is 70.1 Å². The first-order valence-corrected chi connectivity index (χ1v) is 12.6. The van der Waals surface area contributed by atoms with E-state index in [1.54, 1.807) is 24.3 Å². The summed E-state index contributed by atoms with van der Waals surface area (Å²) in [4.78, 5) is 18.5. The van der Waals surface area contributed by atoms with E-state index in [0.29, 0.717) is 46.6 Å². The molecule has 1 aliphatic carbocycles. The highest BCUT2D eigenvalue weighted by Gasteiger charge is 2.35. The van der Waals surface area contributed by atoms with Gasteiger partial charge in [0.25, 0.3) is 0 Å². The van der Waals surface area contributed by atoms with E-state index in [-0.39, 0.29) is 30.2 Å². The fourth-order valence-electron chi connectivity index (χ4n) is 4.10. The van der Waals surface area contributed by atoms with Gasteiger partial charge in [0.2, 0.25) is 0 Å². The number of hydrogen-bond donors (Lipinski definition) is 1. The number of carbonyl (C=O) groups is 1. The molecule has 0 saturated carbocycles. The molecule has 3 unspecified atom stereocenters. The second kappa shape index (κ2) is 11.8. The Morgan fingerprint density at radius 1 is 1.29 bits per heavy atom. The lowest BCUT2D eigenvalue weighted by Crippen LogP contribution is -2.31. The lowest BCUT2D eigenvalue weighted by Gasteiger charge is -2.32. The summed E-state index contributed by atoms with van der Waals surface area (Å²) in [6, 6.07) is 7.14. The van der Waals surface area contributed by atoms with Crippen LogP contribution in [-0.2, 0) is 9.63 Å². The maximum Gasteiger partial charge on any atom is 0.168 e. The molecule has 1 aromatic rings. The monoisotopic (exact) mass is 465 g/mol. The number of hydrogen-bond acceptors (Lipinski definition) is 6. The summed E-state index contributed by atoms with van der Waals surface area (Å²) in [7, 11) is 0. The Labute approximate surface area is 194 Å². The van der Waals surface area contributed by atoms with E-state index < -0.39 is 0 Å². The molecular formula is C24H32ClNO4S. The SMILES string of the molecule is CCCC(=NOCC(C)Oc1ccc(Cl)cc1)C1=C(O)CC(C2CCCCS2)CC1=O. The first-order valence-electron chi connectivity index (χ1n) is 11.2. The largest absolute Gasteiger partial charge is 0.511 e. The van der Waals surface area contributed by atoms with Gasteiger partial charge in [0.1, 0.15) is 17.6 Å². The summed E-state index contributed by atoms with van der Waals surface area (Å²) in [5.74, 6) is 2.24. The Bertz CT molecular complexity index is 802. The smallest absolute Gasteiger partial charge is 0.168 e. The molecule has 170 valence electrons. The average molecular weight is 466 g/mol. The van der Waals surface area contributed by atoms with E-state index in [2.05, 4.69) is 5.16 Å². The maximum atomic E-state index is 12.9. The van der Waals surface area contributed by atoms with E-state index in [1.165, 1.54) is 12.8 Å². The summed E-state index contributed by atoms with van der Waals surface area (Å²) in [5, 5.41) is 16.1. The van der Waals surface area contributed by atoms with Gasteiger partial charge in [0.15, 0.2) is 12.4 Å². The van der Waals surface area contributed by atoms with Crippen molar-refractivity contribution in [1.82, 2.24) is 0 Å². The van der Waals surface area contributed by atoms with Crippen LogP contribution in [0.4, 0.5) is 0 Å². The number of allylic oxidation sites excluding steroid dienone is 2. The van der Waals surface area contributed by atoms with Gasteiger partial charge in [-0.2, -0.15) is 11.8 Å². The predicted molar refractivity (Wildman–Crippen MR) is 127 cm³/mol. The third kappa shape index (κ3) is 6.91. The number of rotatable bonds is 9. The molecule has 31 heavy (non-hydrogen) atoms. The number of nitrogens with zero attached hydrogens (tertiary/aromatic N) is 1. The van der Waals surface area contributed by atoms with E-state index in [9.17, 15) is 9.90 Å². The number of ether oxygens (including phenoxy) is 1. The van der Waals surface area contributed by atoms with Crippen LogP contribution >= 0.6 is 23.4 Å². The van der Waals surface area contributed by atoms with Crippen LogP contribution in [0.25, 0.3) is 0 Å². The van der Waals surface area contributed by atoms with Crippen LogP contribution in [0.1, 0.15) is 58.8 Å². The number of carbonyl (C=O) groups excluding carboxylic acids is 1. The van der Waals surface area contributed by atoms with Crippen molar-refractivity contribution in [3.63, 3.8) is 0 Å². The van der Waals surface area contributed by atoms with Crippen molar-refractivity contribution in [1.29, 1.82) is 0 Å². The van der Waals surface area contributed by atoms with Gasteiger partial charge in [-0.25, -0.2) is 0 Å². The number of oxime groups is 1. The van der Waals surface area contributed by atoms with Gasteiger partial charge in [-0.05, 0) is 62.1 Å². The molecule has 7 heteroatoms. The number of aliphatic hydroxyl groups is 1. The fraction of sp³-hybridized carbons (Fsp3) is 0.583. The quantitative estimate of drug-likeness (QED) is 0.339. The molecule has 0 amide bonds. The first-order chi connectivity index (χ1) is 15.0. The number of aliphatic hydroxyl groups excluding tert-OH is 1. The van der Waals surface area contributed by atoms with Crippen LogP contribution in [0.3, 0.4) is 0 Å². The Morgan fingerprint density at radius 3 is 2.71 bits per heavy atom. The molecule has 1 fully saturated rings. The highest BCUT2D eigenvalue weighted by Crippen LogP contribution is 2.39. The standard InChI is InChI=1S/C24H32ClNO4S/c1-3-6-20(26-29-15-16(2)30-19-10-8-18(25)9-11-19)24-21(27)13-17(14-22(24)28)23-7-4-5-12-31-23/h8-11,16-17,23,27H,3-7,12-15H2,1-2H3. The van der Waals surface area contributed by atoms with Crippen LogP contribution in [0.5, 0.6) is 5.75 Å². The first kappa shape index (κ1) is 24.0. The third-order valence-corrected chi connectivity index (χ3v) is 7.45. The molecule has 3 atom stereocenters. The lowest BCUT2D eigenvalue weighted by molar-refractivity contribution is -0.116. The summed E-state index contributed by atoms with van der Waals surface area (Å²) >= 11 is 7.85. The Kier molecular flexibility index (Phi) is 9.15. The van der Waals surface area contributed by atoms with Gasteiger partial charge in [-0.1, -0.05) is 36.5 Å². The van der Waals surface area contributed by atoms with Crippen molar-refractivity contribution in [3.05, 3.63) is 40.6 Å². The summed E-state index contributed by atoms with van der Waals surface area (Å²) in [6.45, 7) is 4.14. The third-order valence-electron chi connectivity index (χ3n) is 5.62. The average Bonchev–Trinajstić information content (AvgIpc) is 2.75. The van der Waals surface area contributed by atoms with Gasteiger partial charge in [0, 0.05) is 23.1 Å². The zero-order valence-corrected chi connectivity index (χ0v) is 19.9. The van der Waals surface area contributed by atoms with Crippen molar-refractivity contribution >= 4 is 34.9 Å². The maximum absolute atomic E-state index is 12.9. The van der Waals surface area contributed by atoms with Crippen molar-refractivity contribution in [3.8, 4) is 5.75 Å². The van der Waals surface area contributed by atoms with E-state index in [4.69, 9.17) is 21.2 Å². The number of halogens is 1. The molecular weight excluding hydrogens is 434 g/mol. The number of thioether (sulfide) groups is 1. The minimum atomic E-state index is -0.231. The van der Waals surface area contributed by atoms with Gasteiger partial charge >= 0.3 is 0 Å². The molecule has 2 aliphatic rings. The van der Waals surface area contributed by atoms with E-state index in [0.717, 1.165) is 18.6 Å². The summed E-state index contributed by atoms with van der Waals surface area (Å²) in [5.41, 5.74) is 0.906. The highest BCUT2D eigenvalue weighted by molar-refractivity contribution is 7.99. The van der Waals surface area contributed by atoms with E-state index in [1.807, 2.05) is 25.6 Å². The highest BCUT2D eigenvalue weighted by atomic mass is 35.5. The number of benzene rings is 1. The van der Waals surface area contributed by atoms with E-state index >= 15 is 0 Å². The Balaban J connectivity index is 1.62. The molecule has 0 aromatic heterocycles. The topological polar surface area (TPSA) is 68.1 Å². The van der Waals surface area contributed by atoms with Crippen LogP contribution in [0.15, 0.2) is 40.8 Å². The second-order valence-electron chi connectivity index (χ2n) is 8.28. The zero-order valence-electron chi connectivity index (χ0n) is 18.3. The Hall–Kier alpha value is -1.66. The minimum absolute atomic E-state index is 0.0128. The molecule has 1 N–H and O–H groups in total. The van der Waals surface area contributed by atoms with Crippen LogP contribution < -0.4 is 4.74 Å². The van der Waals surface area contributed by atoms with Gasteiger partial charge < -0.3 is 14.7 Å². The molecule has 5 nitrogen and oxygen atoms in total. The van der Waals surface area contributed by atoms with Gasteiger partial charge in [-0.15, -0.1) is 0 Å². The van der Waals surface area contributed by atoms with Crippen molar-refractivity contribution < 1.29 is 19.5 Å². The molecule has 0 spiro atoms. The minimum Gasteiger partial charge on any atom is -0.511 e. The molecule has 3 rings (SSSR count). The van der Waals surface area contributed by atoms with Crippen molar-refractivity contribution in [2.24, 2.45) is 11.1 Å². The molecule has 1 aromatic carbocycles. The predicted octanol–water partition coefficient (Wildman–Crippen LogP) is 6.36. The molecule has 0 bridgehead atoms. The molecule has 0 radical (unpaired) electrons. The van der Waals surface area contributed by atoms with Crippen LogP contribution in [-0.4, -0.2) is 40.3 Å². The summed E-state index contributed by atoms with van der Waals surface area (Å²) in [6.07, 6.45) is 5.80. The zero-order chi connectivity index (χ0) is 22.2. The van der Waals surface area contributed by atoms with Gasteiger partial charge in [-0.3, -0.25) is 4.79 Å². The summed E-state index contributed by atoms with van der Waals surface area (Å²) < 4.78 is 5.80. The molecule has 1 aliphatic heterocycles. The molecule has 1 saturated heterocycles. The number of Topliss-reactive ketones (excluding diaryl/α,β-unsaturated/α-hetero) is 1. The molecule has 1 heterocycles. The van der Waals surface area contributed by atoms with Gasteiger partial charge in [0.05, 0.1) is 11.3 Å². The Morgan fingerprint density at radius 2 is 2.06 bits per heavy atom. The number of ketones is 1. The lowest BCUT2D eigenvalue weighted by atomic mass is 9.81. The van der Waals surface area contributed by atoms with Crippen LogP contribution in [0, 0.1) is 5.92 Å².